The summed E-state index contributed by atoms with van der Waals surface area (Å²) in [6, 6.07) is 13.6. The summed E-state index contributed by atoms with van der Waals surface area (Å²) in [4.78, 5) is 25.0. The fourth-order valence-corrected chi connectivity index (χ4v) is 3.75. The highest BCUT2D eigenvalue weighted by molar-refractivity contribution is 7.14. The zero-order chi connectivity index (χ0) is 22.7. The van der Waals surface area contributed by atoms with Crippen molar-refractivity contribution in [2.24, 2.45) is 5.73 Å². The zero-order valence-electron chi connectivity index (χ0n) is 17.2. The van der Waals surface area contributed by atoms with Gasteiger partial charge in [0.2, 0.25) is 11.8 Å². The van der Waals surface area contributed by atoms with Gasteiger partial charge in [0.1, 0.15) is 5.75 Å². The highest BCUT2D eigenvalue weighted by Crippen LogP contribution is 2.32. The molecule has 0 aliphatic carbocycles. The first kappa shape index (κ1) is 21.1. The second-order valence-corrected chi connectivity index (χ2v) is 7.47. The van der Waals surface area contributed by atoms with Crippen molar-refractivity contribution in [3.8, 4) is 40.2 Å². The number of methoxy groups -OCH3 is 2. The van der Waals surface area contributed by atoms with E-state index in [1.807, 2.05) is 5.38 Å². The Morgan fingerprint density at radius 3 is 2.47 bits per heavy atom. The summed E-state index contributed by atoms with van der Waals surface area (Å²) in [6.45, 7) is 0. The smallest absolute Gasteiger partial charge is 0.320 e. The number of nitrogens with zero attached hydrogens (tertiary/aromatic N) is 3. The molecule has 0 aliphatic heterocycles. The molecule has 0 atom stereocenters. The molecule has 0 unspecified atom stereocenters. The van der Waals surface area contributed by atoms with E-state index in [1.54, 1.807) is 48.5 Å². The summed E-state index contributed by atoms with van der Waals surface area (Å²) in [5, 5.41) is 15.3. The minimum atomic E-state index is -0.591. The Labute approximate surface area is 187 Å². The zero-order valence-corrected chi connectivity index (χ0v) is 18.0. The van der Waals surface area contributed by atoms with Crippen molar-refractivity contribution in [3.05, 3.63) is 59.5 Å². The fourth-order valence-electron chi connectivity index (χ4n) is 3.01. The number of carbonyl (C=O) groups excluding carboxylic acids is 1. The second kappa shape index (κ2) is 8.90. The number of carbonyl (C=O) groups is 1. The van der Waals surface area contributed by atoms with Crippen molar-refractivity contribution < 1.29 is 19.4 Å². The molecular formula is C22H19N5O4S. The number of aromatic hydroxyl groups is 1. The summed E-state index contributed by atoms with van der Waals surface area (Å²) >= 11 is 1.43. The lowest BCUT2D eigenvalue weighted by Gasteiger charge is -2.11. The third-order valence-corrected chi connectivity index (χ3v) is 5.31. The van der Waals surface area contributed by atoms with Gasteiger partial charge < -0.3 is 25.6 Å². The lowest BCUT2D eigenvalue weighted by Crippen LogP contribution is -2.13. The first-order valence-corrected chi connectivity index (χ1v) is 10.3. The lowest BCUT2D eigenvalue weighted by molar-refractivity contribution is 0.100. The molecule has 4 rings (SSSR count). The standard InChI is InChI=1S/C22H19N5O4S/c1-30-19-10-17(25-21(27-19)31-2)16-9-13(5-8-15(16)20(23)29)24-22-26-18(11-32-22)12-3-6-14(28)7-4-12/h3-11,28H,1-2H3,(H2,23,29)(H,24,26). The van der Waals surface area contributed by atoms with E-state index in [0.29, 0.717) is 33.5 Å². The van der Waals surface area contributed by atoms with E-state index in [-0.39, 0.29) is 11.8 Å². The second-order valence-electron chi connectivity index (χ2n) is 6.62. The molecule has 0 fully saturated rings. The van der Waals surface area contributed by atoms with E-state index >= 15 is 0 Å². The third kappa shape index (κ3) is 4.44. The van der Waals surface area contributed by atoms with Gasteiger partial charge in [0.05, 0.1) is 25.6 Å². The van der Waals surface area contributed by atoms with E-state index < -0.39 is 5.91 Å². The van der Waals surface area contributed by atoms with E-state index in [0.717, 1.165) is 11.3 Å². The van der Waals surface area contributed by atoms with Crippen molar-refractivity contribution >= 4 is 28.1 Å². The molecule has 0 saturated carbocycles. The predicted molar refractivity (Wildman–Crippen MR) is 122 cm³/mol. The Morgan fingerprint density at radius 1 is 1.00 bits per heavy atom. The van der Waals surface area contributed by atoms with Crippen LogP contribution in [0.15, 0.2) is 53.9 Å². The number of amides is 1. The van der Waals surface area contributed by atoms with Gasteiger partial charge in [-0.1, -0.05) is 0 Å². The van der Waals surface area contributed by atoms with Crippen LogP contribution in [0.3, 0.4) is 0 Å². The van der Waals surface area contributed by atoms with Crippen molar-refractivity contribution in [1.82, 2.24) is 15.0 Å². The Kier molecular flexibility index (Phi) is 5.86. The molecule has 4 aromatic rings. The van der Waals surface area contributed by atoms with Gasteiger partial charge >= 0.3 is 6.01 Å². The molecule has 4 N–H and O–H groups in total. The van der Waals surface area contributed by atoms with Crippen LogP contribution in [-0.4, -0.2) is 40.2 Å². The molecule has 2 heterocycles. The van der Waals surface area contributed by atoms with Crippen LogP contribution in [0.2, 0.25) is 0 Å². The van der Waals surface area contributed by atoms with Crippen LogP contribution in [-0.2, 0) is 0 Å². The van der Waals surface area contributed by atoms with Gasteiger partial charge in [0.15, 0.2) is 5.13 Å². The van der Waals surface area contributed by atoms with Gasteiger partial charge in [-0.25, -0.2) is 4.98 Å². The van der Waals surface area contributed by atoms with Crippen LogP contribution in [0.25, 0.3) is 22.5 Å². The number of ether oxygens (including phenoxy) is 2. The first-order chi connectivity index (χ1) is 15.5. The number of hydrogen-bond donors (Lipinski definition) is 3. The molecule has 0 aliphatic rings. The molecule has 0 bridgehead atoms. The monoisotopic (exact) mass is 449 g/mol. The molecule has 0 saturated heterocycles. The minimum Gasteiger partial charge on any atom is -0.508 e. The average molecular weight is 449 g/mol. The van der Waals surface area contributed by atoms with E-state index in [1.165, 1.54) is 25.6 Å². The molecule has 10 heteroatoms. The maximum Gasteiger partial charge on any atom is 0.320 e. The number of thiazole rings is 1. The van der Waals surface area contributed by atoms with Crippen molar-refractivity contribution in [2.75, 3.05) is 19.5 Å². The number of primary amides is 1. The molecule has 9 nitrogen and oxygen atoms in total. The van der Waals surface area contributed by atoms with Gasteiger partial charge in [0.25, 0.3) is 0 Å². The number of anilines is 2. The summed E-state index contributed by atoms with van der Waals surface area (Å²) in [5.74, 6) is -0.103. The van der Waals surface area contributed by atoms with Crippen molar-refractivity contribution in [2.45, 2.75) is 0 Å². The number of aromatic nitrogens is 3. The summed E-state index contributed by atoms with van der Waals surface area (Å²) in [7, 11) is 2.92. The summed E-state index contributed by atoms with van der Waals surface area (Å²) in [6.07, 6.45) is 0. The Bertz CT molecular complexity index is 1250. The summed E-state index contributed by atoms with van der Waals surface area (Å²) in [5.41, 5.74) is 9.15. The molecule has 0 spiro atoms. The fraction of sp³-hybridized carbons (Fsp3) is 0.0909. The lowest BCUT2D eigenvalue weighted by atomic mass is 10.0. The number of hydrogen-bond acceptors (Lipinski definition) is 9. The van der Waals surface area contributed by atoms with Gasteiger partial charge in [-0.05, 0) is 42.5 Å². The molecule has 0 radical (unpaired) electrons. The van der Waals surface area contributed by atoms with Gasteiger partial charge in [0, 0.05) is 33.8 Å². The van der Waals surface area contributed by atoms with E-state index in [2.05, 4.69) is 20.3 Å². The van der Waals surface area contributed by atoms with Gasteiger partial charge in [-0.2, -0.15) is 9.97 Å². The molecule has 32 heavy (non-hydrogen) atoms. The number of nitrogens with one attached hydrogen (secondary N) is 1. The van der Waals surface area contributed by atoms with Crippen LogP contribution in [0.5, 0.6) is 17.6 Å². The van der Waals surface area contributed by atoms with Gasteiger partial charge in [-0.3, -0.25) is 4.79 Å². The normalized spacial score (nSPS) is 10.6. The maximum absolute atomic E-state index is 12.0. The van der Waals surface area contributed by atoms with Crippen molar-refractivity contribution in [1.29, 1.82) is 0 Å². The number of benzene rings is 2. The van der Waals surface area contributed by atoms with E-state index in [4.69, 9.17) is 15.2 Å². The largest absolute Gasteiger partial charge is 0.508 e. The number of phenols is 1. The Hall–Kier alpha value is -4.18. The quantitative estimate of drug-likeness (QED) is 0.388. The third-order valence-electron chi connectivity index (χ3n) is 4.55. The van der Waals surface area contributed by atoms with Crippen LogP contribution in [0, 0.1) is 0 Å². The molecular weight excluding hydrogens is 430 g/mol. The number of nitrogens with two attached hydrogens (primary N) is 1. The molecule has 1 amide bonds. The van der Waals surface area contributed by atoms with Crippen LogP contribution >= 0.6 is 11.3 Å². The van der Waals surface area contributed by atoms with Gasteiger partial charge in [-0.15, -0.1) is 11.3 Å². The average Bonchev–Trinajstić information content (AvgIpc) is 3.27. The van der Waals surface area contributed by atoms with Crippen molar-refractivity contribution in [3.63, 3.8) is 0 Å². The number of rotatable bonds is 7. The predicted octanol–water partition coefficient (Wildman–Crippen LogP) is 3.83. The minimum absolute atomic E-state index is 0.103. The van der Waals surface area contributed by atoms with Crippen LogP contribution in [0.1, 0.15) is 10.4 Å². The topological polar surface area (TPSA) is 132 Å². The highest BCUT2D eigenvalue weighted by Gasteiger charge is 2.16. The molecule has 2 aromatic heterocycles. The van der Waals surface area contributed by atoms with Crippen LogP contribution < -0.4 is 20.5 Å². The maximum atomic E-state index is 12.0. The SMILES string of the molecule is COc1cc(-c2cc(Nc3nc(-c4ccc(O)cc4)cs3)ccc2C(N)=O)nc(OC)n1. The Morgan fingerprint density at radius 2 is 1.78 bits per heavy atom. The summed E-state index contributed by atoms with van der Waals surface area (Å²) < 4.78 is 10.3. The molecule has 162 valence electrons. The van der Waals surface area contributed by atoms with Crippen LogP contribution in [0.4, 0.5) is 10.8 Å². The highest BCUT2D eigenvalue weighted by atomic mass is 32.1. The van der Waals surface area contributed by atoms with E-state index in [9.17, 15) is 9.90 Å². The Balaban J connectivity index is 1.68. The first-order valence-electron chi connectivity index (χ1n) is 9.40. The number of phenolic OH excluding ortho intramolecular Hbond substituents is 1. The molecule has 2 aromatic carbocycles.